The van der Waals surface area contributed by atoms with Crippen LogP contribution in [0.2, 0.25) is 10.0 Å². The lowest BCUT2D eigenvalue weighted by Gasteiger charge is -2.07. The Bertz CT molecular complexity index is 519. The minimum absolute atomic E-state index is 0.316. The van der Waals surface area contributed by atoms with E-state index in [1.807, 2.05) is 0 Å². The lowest BCUT2D eigenvalue weighted by molar-refractivity contribution is 0.580. The number of halogens is 3. The summed E-state index contributed by atoms with van der Waals surface area (Å²) in [5.41, 5.74) is 0.562. The third kappa shape index (κ3) is 2.59. The molecular weight excluding hydrogens is 252 g/mol. The molecule has 16 heavy (non-hydrogen) atoms. The van der Waals surface area contributed by atoms with E-state index in [0.29, 0.717) is 21.6 Å². The number of hydrogen-bond acceptors (Lipinski definition) is 3. The van der Waals surface area contributed by atoms with Crippen LogP contribution in [0.5, 0.6) is 0 Å². The average molecular weight is 258 g/mol. The van der Waals surface area contributed by atoms with Gasteiger partial charge in [0.15, 0.2) is 0 Å². The van der Waals surface area contributed by atoms with Gasteiger partial charge < -0.3 is 5.32 Å². The van der Waals surface area contributed by atoms with Crippen LogP contribution in [0.1, 0.15) is 0 Å². The fourth-order valence-electron chi connectivity index (χ4n) is 1.13. The first-order valence-corrected chi connectivity index (χ1v) is 5.10. The van der Waals surface area contributed by atoms with Crippen LogP contribution in [0.4, 0.5) is 15.9 Å². The molecule has 3 nitrogen and oxygen atoms in total. The van der Waals surface area contributed by atoms with Crippen LogP contribution in [0.15, 0.2) is 30.6 Å². The Kier molecular flexibility index (Phi) is 3.22. The molecule has 0 aliphatic rings. The second-order valence-electron chi connectivity index (χ2n) is 2.98. The summed E-state index contributed by atoms with van der Waals surface area (Å²) in [6, 6.07) is 6.10. The van der Waals surface area contributed by atoms with Crippen molar-refractivity contribution in [1.82, 2.24) is 9.97 Å². The maximum absolute atomic E-state index is 12.8. The van der Waals surface area contributed by atoms with Crippen LogP contribution in [0.3, 0.4) is 0 Å². The molecule has 0 fully saturated rings. The molecule has 0 aliphatic heterocycles. The Morgan fingerprint density at radius 1 is 1.12 bits per heavy atom. The molecule has 0 saturated carbocycles. The minimum atomic E-state index is -0.615. The molecule has 0 bridgehead atoms. The Labute approximate surface area is 101 Å². The van der Waals surface area contributed by atoms with Crippen LogP contribution < -0.4 is 5.32 Å². The highest BCUT2D eigenvalue weighted by atomic mass is 35.5. The van der Waals surface area contributed by atoms with E-state index in [2.05, 4.69) is 15.3 Å². The quantitative estimate of drug-likeness (QED) is 0.835. The Morgan fingerprint density at radius 2 is 1.94 bits per heavy atom. The zero-order valence-electron chi connectivity index (χ0n) is 7.92. The fraction of sp³-hybridized carbons (Fsp3) is 0. The SMILES string of the molecule is Fc1cc(Nc2cc(Cl)ccc2Cl)ncn1. The Hall–Kier alpha value is -1.39. The summed E-state index contributed by atoms with van der Waals surface area (Å²) in [6.07, 6.45) is 1.12. The molecule has 1 aromatic heterocycles. The van der Waals surface area contributed by atoms with Gasteiger partial charge >= 0.3 is 0 Å². The number of anilines is 2. The summed E-state index contributed by atoms with van der Waals surface area (Å²) in [5, 5.41) is 3.85. The summed E-state index contributed by atoms with van der Waals surface area (Å²) < 4.78 is 12.8. The van der Waals surface area contributed by atoms with Crippen molar-refractivity contribution in [3.05, 3.63) is 46.6 Å². The fourth-order valence-corrected chi connectivity index (χ4v) is 1.47. The van der Waals surface area contributed by atoms with Crippen LogP contribution in [-0.2, 0) is 0 Å². The normalized spacial score (nSPS) is 10.2. The van der Waals surface area contributed by atoms with Crippen LogP contribution in [-0.4, -0.2) is 9.97 Å². The van der Waals surface area contributed by atoms with Crippen molar-refractivity contribution in [3.8, 4) is 0 Å². The number of nitrogens with zero attached hydrogens (tertiary/aromatic N) is 2. The van der Waals surface area contributed by atoms with Gasteiger partial charge in [-0.2, -0.15) is 4.39 Å². The van der Waals surface area contributed by atoms with Crippen LogP contribution in [0.25, 0.3) is 0 Å². The monoisotopic (exact) mass is 257 g/mol. The highest BCUT2D eigenvalue weighted by Crippen LogP contribution is 2.27. The van der Waals surface area contributed by atoms with Crippen LogP contribution >= 0.6 is 23.2 Å². The number of aromatic nitrogens is 2. The lowest BCUT2D eigenvalue weighted by atomic mass is 10.3. The molecule has 0 saturated heterocycles. The first-order valence-electron chi connectivity index (χ1n) is 4.35. The van der Waals surface area contributed by atoms with Gasteiger partial charge in [-0.15, -0.1) is 0 Å². The summed E-state index contributed by atoms with van der Waals surface area (Å²) in [6.45, 7) is 0. The van der Waals surface area contributed by atoms with Gasteiger partial charge in [0.2, 0.25) is 5.95 Å². The molecule has 0 amide bonds. The summed E-state index contributed by atoms with van der Waals surface area (Å²) >= 11 is 11.7. The molecule has 0 unspecified atom stereocenters. The van der Waals surface area contributed by atoms with Gasteiger partial charge in [0.25, 0.3) is 0 Å². The lowest BCUT2D eigenvalue weighted by Crippen LogP contribution is -1.96. The summed E-state index contributed by atoms with van der Waals surface area (Å²) in [4.78, 5) is 7.19. The van der Waals surface area contributed by atoms with Crippen molar-refractivity contribution < 1.29 is 4.39 Å². The zero-order valence-corrected chi connectivity index (χ0v) is 9.43. The molecule has 0 atom stereocenters. The smallest absolute Gasteiger partial charge is 0.218 e. The van der Waals surface area contributed by atoms with Crippen molar-refractivity contribution in [2.45, 2.75) is 0 Å². The minimum Gasteiger partial charge on any atom is -0.339 e. The zero-order chi connectivity index (χ0) is 11.5. The number of rotatable bonds is 2. The summed E-state index contributed by atoms with van der Waals surface area (Å²) in [5.74, 6) is -0.299. The van der Waals surface area contributed by atoms with E-state index in [1.54, 1.807) is 18.2 Å². The van der Waals surface area contributed by atoms with Gasteiger partial charge in [-0.25, -0.2) is 9.97 Å². The largest absolute Gasteiger partial charge is 0.339 e. The van der Waals surface area contributed by atoms with E-state index in [4.69, 9.17) is 23.2 Å². The average Bonchev–Trinajstić information content (AvgIpc) is 2.24. The maximum atomic E-state index is 12.8. The molecule has 0 radical (unpaired) electrons. The van der Waals surface area contributed by atoms with Crippen LogP contribution in [0, 0.1) is 5.95 Å². The standard InChI is InChI=1S/C10H6Cl2FN3/c11-6-1-2-7(12)8(3-6)16-10-4-9(13)14-5-15-10/h1-5H,(H,14,15,16). The number of benzene rings is 1. The molecule has 0 aliphatic carbocycles. The molecule has 1 heterocycles. The molecule has 2 aromatic rings. The van der Waals surface area contributed by atoms with Gasteiger partial charge in [-0.05, 0) is 18.2 Å². The van der Waals surface area contributed by atoms with Crippen molar-refractivity contribution in [3.63, 3.8) is 0 Å². The van der Waals surface area contributed by atoms with E-state index in [-0.39, 0.29) is 0 Å². The molecule has 1 aromatic carbocycles. The van der Waals surface area contributed by atoms with Crippen molar-refractivity contribution in [2.75, 3.05) is 5.32 Å². The molecule has 0 spiro atoms. The van der Waals surface area contributed by atoms with E-state index in [9.17, 15) is 4.39 Å². The topological polar surface area (TPSA) is 37.8 Å². The van der Waals surface area contributed by atoms with Gasteiger partial charge in [0.1, 0.15) is 12.1 Å². The first-order chi connectivity index (χ1) is 7.65. The number of nitrogens with one attached hydrogen (secondary N) is 1. The highest BCUT2D eigenvalue weighted by Gasteiger charge is 2.03. The van der Waals surface area contributed by atoms with Crippen molar-refractivity contribution >= 4 is 34.7 Å². The van der Waals surface area contributed by atoms with Gasteiger partial charge in [0.05, 0.1) is 10.7 Å². The Morgan fingerprint density at radius 3 is 2.69 bits per heavy atom. The third-order valence-electron chi connectivity index (χ3n) is 1.82. The third-order valence-corrected chi connectivity index (χ3v) is 2.39. The second kappa shape index (κ2) is 4.63. The first kappa shape index (κ1) is 11.1. The molecule has 82 valence electrons. The van der Waals surface area contributed by atoms with E-state index >= 15 is 0 Å². The predicted molar refractivity (Wildman–Crippen MR) is 61.7 cm³/mol. The van der Waals surface area contributed by atoms with E-state index < -0.39 is 5.95 Å². The predicted octanol–water partition coefficient (Wildman–Crippen LogP) is 3.67. The van der Waals surface area contributed by atoms with E-state index in [0.717, 1.165) is 12.4 Å². The molecule has 2 rings (SSSR count). The Balaban J connectivity index is 2.30. The highest BCUT2D eigenvalue weighted by molar-refractivity contribution is 6.35. The molecule has 6 heteroatoms. The van der Waals surface area contributed by atoms with Gasteiger partial charge in [0, 0.05) is 11.1 Å². The van der Waals surface area contributed by atoms with Gasteiger partial charge in [-0.3, -0.25) is 0 Å². The van der Waals surface area contributed by atoms with Gasteiger partial charge in [-0.1, -0.05) is 23.2 Å². The maximum Gasteiger partial charge on any atom is 0.218 e. The molecule has 1 N–H and O–H groups in total. The summed E-state index contributed by atoms with van der Waals surface area (Å²) in [7, 11) is 0. The number of hydrogen-bond donors (Lipinski definition) is 1. The van der Waals surface area contributed by atoms with Crippen molar-refractivity contribution in [2.24, 2.45) is 0 Å². The van der Waals surface area contributed by atoms with E-state index in [1.165, 1.54) is 0 Å². The second-order valence-corrected chi connectivity index (χ2v) is 3.82. The molecular formula is C10H6Cl2FN3. The van der Waals surface area contributed by atoms with Crippen molar-refractivity contribution in [1.29, 1.82) is 0 Å².